The SMILES string of the molecule is C=CCOC(=O)C1=C(C)OC(N)=C(C#N)[C@H]1c1cc2cccc(C)c2nc1Cl. The monoisotopic (exact) mass is 395 g/mol. The van der Waals surface area contributed by atoms with Gasteiger partial charge in [-0.1, -0.05) is 42.5 Å². The summed E-state index contributed by atoms with van der Waals surface area (Å²) in [6.07, 6.45) is 1.45. The van der Waals surface area contributed by atoms with E-state index < -0.39 is 11.9 Å². The van der Waals surface area contributed by atoms with Crippen molar-refractivity contribution in [2.45, 2.75) is 19.8 Å². The second-order valence-electron chi connectivity index (χ2n) is 6.30. The smallest absolute Gasteiger partial charge is 0.338 e. The van der Waals surface area contributed by atoms with E-state index in [1.807, 2.05) is 37.3 Å². The van der Waals surface area contributed by atoms with Crippen LogP contribution in [0.1, 0.15) is 24.0 Å². The Labute approximate surface area is 167 Å². The summed E-state index contributed by atoms with van der Waals surface area (Å²) in [6, 6.07) is 9.56. The molecule has 2 heterocycles. The summed E-state index contributed by atoms with van der Waals surface area (Å²) >= 11 is 6.48. The van der Waals surface area contributed by atoms with Crippen molar-refractivity contribution in [2.75, 3.05) is 6.61 Å². The zero-order valence-corrected chi connectivity index (χ0v) is 16.2. The van der Waals surface area contributed by atoms with Crippen molar-refractivity contribution in [1.29, 1.82) is 5.26 Å². The summed E-state index contributed by atoms with van der Waals surface area (Å²) in [6.45, 7) is 7.08. The first kappa shape index (κ1) is 19.5. The van der Waals surface area contributed by atoms with Gasteiger partial charge in [0.25, 0.3) is 0 Å². The second-order valence-corrected chi connectivity index (χ2v) is 6.65. The summed E-state index contributed by atoms with van der Waals surface area (Å²) in [5.74, 6) is -1.31. The number of allylic oxidation sites excluding steroid dienone is 2. The molecule has 2 N–H and O–H groups in total. The van der Waals surface area contributed by atoms with E-state index in [4.69, 9.17) is 26.8 Å². The highest BCUT2D eigenvalue weighted by Gasteiger charge is 2.37. The van der Waals surface area contributed by atoms with Gasteiger partial charge in [0, 0.05) is 10.9 Å². The molecule has 142 valence electrons. The van der Waals surface area contributed by atoms with Crippen LogP contribution in [0.4, 0.5) is 0 Å². The van der Waals surface area contributed by atoms with E-state index in [2.05, 4.69) is 11.6 Å². The number of nitrogens with two attached hydrogens (primary N) is 1. The average molecular weight is 396 g/mol. The minimum absolute atomic E-state index is 0.0202. The molecule has 3 rings (SSSR count). The van der Waals surface area contributed by atoms with E-state index in [9.17, 15) is 10.1 Å². The topological polar surface area (TPSA) is 98.2 Å². The van der Waals surface area contributed by atoms with E-state index in [0.717, 1.165) is 16.5 Å². The molecule has 2 aromatic rings. The molecule has 7 heteroatoms. The summed E-state index contributed by atoms with van der Waals surface area (Å²) in [4.78, 5) is 17.2. The van der Waals surface area contributed by atoms with Gasteiger partial charge in [-0.05, 0) is 25.5 Å². The van der Waals surface area contributed by atoms with Crippen molar-refractivity contribution in [3.63, 3.8) is 0 Å². The third kappa shape index (κ3) is 3.32. The van der Waals surface area contributed by atoms with Gasteiger partial charge < -0.3 is 15.2 Å². The number of esters is 1. The lowest BCUT2D eigenvalue weighted by Gasteiger charge is -2.27. The maximum atomic E-state index is 12.7. The number of aromatic nitrogens is 1. The second kappa shape index (κ2) is 7.75. The van der Waals surface area contributed by atoms with Crippen LogP contribution in [0, 0.1) is 18.3 Å². The molecule has 0 saturated heterocycles. The van der Waals surface area contributed by atoms with Crippen molar-refractivity contribution in [2.24, 2.45) is 5.73 Å². The number of benzene rings is 1. The lowest BCUT2D eigenvalue weighted by Crippen LogP contribution is -2.26. The summed E-state index contributed by atoms with van der Waals surface area (Å²) in [5.41, 5.74) is 8.35. The molecule has 6 nitrogen and oxygen atoms in total. The molecule has 1 aliphatic heterocycles. The molecule has 1 aromatic carbocycles. The Bertz CT molecular complexity index is 1100. The third-order valence-electron chi connectivity index (χ3n) is 4.50. The molecule has 1 aliphatic rings. The van der Waals surface area contributed by atoms with Gasteiger partial charge in [0.15, 0.2) is 0 Å². The fourth-order valence-electron chi connectivity index (χ4n) is 3.21. The van der Waals surface area contributed by atoms with Crippen LogP contribution in [0.2, 0.25) is 5.15 Å². The summed E-state index contributed by atoms with van der Waals surface area (Å²) in [5, 5.41) is 10.7. The lowest BCUT2D eigenvalue weighted by atomic mass is 9.83. The number of aryl methyl sites for hydroxylation is 1. The Balaban J connectivity index is 2.24. The molecule has 0 bridgehead atoms. The number of fused-ring (bicyclic) bond motifs is 1. The first-order valence-electron chi connectivity index (χ1n) is 8.51. The van der Waals surface area contributed by atoms with Crippen LogP contribution in [-0.2, 0) is 14.3 Å². The Morgan fingerprint density at radius 1 is 1.50 bits per heavy atom. The first-order valence-corrected chi connectivity index (χ1v) is 8.89. The predicted octanol–water partition coefficient (Wildman–Crippen LogP) is 4.01. The summed E-state index contributed by atoms with van der Waals surface area (Å²) in [7, 11) is 0. The van der Waals surface area contributed by atoms with Crippen molar-refractivity contribution in [3.05, 3.63) is 76.0 Å². The molecule has 0 radical (unpaired) electrons. The van der Waals surface area contributed by atoms with Crippen LogP contribution >= 0.6 is 11.6 Å². The fourth-order valence-corrected chi connectivity index (χ4v) is 3.46. The number of carbonyl (C=O) groups excluding carboxylic acids is 1. The zero-order chi connectivity index (χ0) is 20.4. The summed E-state index contributed by atoms with van der Waals surface area (Å²) < 4.78 is 10.6. The maximum Gasteiger partial charge on any atom is 0.338 e. The number of nitrogens with zero attached hydrogens (tertiary/aromatic N) is 2. The zero-order valence-electron chi connectivity index (χ0n) is 15.5. The predicted molar refractivity (Wildman–Crippen MR) is 106 cm³/mol. The number of carbonyl (C=O) groups is 1. The van der Waals surface area contributed by atoms with Crippen LogP contribution in [0.15, 0.2) is 59.7 Å². The number of halogens is 1. The van der Waals surface area contributed by atoms with Gasteiger partial charge in [0.2, 0.25) is 5.88 Å². The molecule has 0 amide bonds. The fraction of sp³-hybridized carbons (Fsp3) is 0.190. The van der Waals surface area contributed by atoms with Gasteiger partial charge >= 0.3 is 5.97 Å². The standard InChI is InChI=1S/C21H18ClN3O3/c1-4-8-27-21(26)16-12(3)28-20(24)15(10-23)17(16)14-9-13-7-5-6-11(2)18(13)25-19(14)22/h4-7,9,17H,1,8,24H2,2-3H3/t17-/m1/s1. The Hall–Kier alpha value is -3.30. The van der Waals surface area contributed by atoms with Crippen molar-refractivity contribution in [3.8, 4) is 6.07 Å². The molecule has 28 heavy (non-hydrogen) atoms. The van der Waals surface area contributed by atoms with E-state index >= 15 is 0 Å². The number of hydrogen-bond donors (Lipinski definition) is 1. The van der Waals surface area contributed by atoms with Crippen LogP contribution in [-0.4, -0.2) is 17.6 Å². The van der Waals surface area contributed by atoms with Crippen LogP contribution < -0.4 is 5.73 Å². The van der Waals surface area contributed by atoms with Crippen LogP contribution in [0.3, 0.4) is 0 Å². The van der Waals surface area contributed by atoms with Gasteiger partial charge in [-0.3, -0.25) is 0 Å². The molecule has 1 atom stereocenters. The Kier molecular flexibility index (Phi) is 5.39. The maximum absolute atomic E-state index is 12.7. The van der Waals surface area contributed by atoms with E-state index in [1.54, 1.807) is 6.92 Å². The van der Waals surface area contributed by atoms with E-state index in [-0.39, 0.29) is 34.5 Å². The van der Waals surface area contributed by atoms with Gasteiger partial charge in [-0.15, -0.1) is 0 Å². The number of para-hydroxylation sites is 1. The molecule has 1 aromatic heterocycles. The lowest BCUT2D eigenvalue weighted by molar-refractivity contribution is -0.138. The largest absolute Gasteiger partial charge is 0.458 e. The van der Waals surface area contributed by atoms with E-state index in [1.165, 1.54) is 6.08 Å². The Morgan fingerprint density at radius 2 is 2.25 bits per heavy atom. The average Bonchev–Trinajstić information content (AvgIpc) is 2.66. The van der Waals surface area contributed by atoms with Crippen molar-refractivity contribution in [1.82, 2.24) is 4.98 Å². The number of pyridine rings is 1. The highest BCUT2D eigenvalue weighted by molar-refractivity contribution is 6.31. The van der Waals surface area contributed by atoms with Crippen LogP contribution in [0.5, 0.6) is 0 Å². The normalized spacial score (nSPS) is 16.6. The van der Waals surface area contributed by atoms with Gasteiger partial charge in [0.05, 0.1) is 17.0 Å². The van der Waals surface area contributed by atoms with Gasteiger partial charge in [0.1, 0.15) is 29.2 Å². The van der Waals surface area contributed by atoms with Gasteiger partial charge in [-0.2, -0.15) is 5.26 Å². The first-order chi connectivity index (χ1) is 13.4. The number of nitriles is 1. The minimum Gasteiger partial charge on any atom is -0.458 e. The van der Waals surface area contributed by atoms with Crippen molar-refractivity contribution >= 4 is 28.5 Å². The number of hydrogen-bond acceptors (Lipinski definition) is 6. The molecular weight excluding hydrogens is 378 g/mol. The molecule has 0 unspecified atom stereocenters. The third-order valence-corrected chi connectivity index (χ3v) is 4.80. The van der Waals surface area contributed by atoms with Crippen molar-refractivity contribution < 1.29 is 14.3 Å². The Morgan fingerprint density at radius 3 is 2.93 bits per heavy atom. The van der Waals surface area contributed by atoms with Gasteiger partial charge in [-0.25, -0.2) is 9.78 Å². The quantitative estimate of drug-likeness (QED) is 0.477. The minimum atomic E-state index is -0.846. The highest BCUT2D eigenvalue weighted by atomic mass is 35.5. The van der Waals surface area contributed by atoms with Crippen LogP contribution in [0.25, 0.3) is 10.9 Å². The number of ether oxygens (including phenoxy) is 2. The molecule has 0 aliphatic carbocycles. The highest BCUT2D eigenvalue weighted by Crippen LogP contribution is 2.42. The molecule has 0 saturated carbocycles. The molecule has 0 fully saturated rings. The number of rotatable bonds is 4. The van der Waals surface area contributed by atoms with E-state index in [0.29, 0.717) is 5.56 Å². The molecular formula is C21H18ClN3O3. The molecule has 0 spiro atoms.